The average Bonchev–Trinajstić information content (AvgIpc) is 3.08. The summed E-state index contributed by atoms with van der Waals surface area (Å²) in [5.74, 6) is 1.94. The van der Waals surface area contributed by atoms with Crippen molar-refractivity contribution in [3.05, 3.63) is 39.8 Å². The second-order valence-electron chi connectivity index (χ2n) is 6.71. The van der Waals surface area contributed by atoms with Crippen molar-refractivity contribution in [1.29, 1.82) is 0 Å². The van der Waals surface area contributed by atoms with Crippen LogP contribution in [-0.2, 0) is 17.8 Å². The van der Waals surface area contributed by atoms with Gasteiger partial charge in [0.25, 0.3) is 0 Å². The minimum atomic E-state index is -0.158. The van der Waals surface area contributed by atoms with E-state index in [1.165, 1.54) is 0 Å². The Balaban J connectivity index is 1.64. The predicted molar refractivity (Wildman–Crippen MR) is 98.4 cm³/mol. The largest absolute Gasteiger partial charge is 0.497 e. The highest BCUT2D eigenvalue weighted by atomic mass is 32.1. The number of benzene rings is 1. The molecule has 1 aliphatic rings. The fourth-order valence-electron chi connectivity index (χ4n) is 2.93. The molecule has 1 aromatic carbocycles. The van der Waals surface area contributed by atoms with Crippen molar-refractivity contribution in [1.82, 2.24) is 9.88 Å². The number of aromatic nitrogens is 1. The number of thiazole rings is 1. The van der Waals surface area contributed by atoms with E-state index in [1.807, 2.05) is 30.6 Å². The third kappa shape index (κ3) is 3.95. The lowest BCUT2D eigenvalue weighted by Crippen LogP contribution is -2.38. The first kappa shape index (κ1) is 17.7. The Hall–Kier alpha value is -2.08. The molecular weight excluding hydrogens is 336 g/mol. The Morgan fingerprint density at radius 1 is 1.48 bits per heavy atom. The standard InChI is InChI=1S/C19H24N2O3S/c1-12(2)18-20-15(11-25-18)9-21(3)19(22)14-7-13-5-6-16(23-4)8-17(13)24-10-14/h5-6,8,11-12,14H,7,9-10H2,1-4H3/t14-/m0/s1. The molecule has 2 heterocycles. The summed E-state index contributed by atoms with van der Waals surface area (Å²) >= 11 is 1.66. The molecule has 0 radical (unpaired) electrons. The predicted octanol–water partition coefficient (Wildman–Crippen LogP) is 3.48. The summed E-state index contributed by atoms with van der Waals surface area (Å²) < 4.78 is 11.0. The van der Waals surface area contributed by atoms with E-state index in [0.29, 0.717) is 25.5 Å². The first-order valence-corrected chi connectivity index (χ1v) is 9.35. The van der Waals surface area contributed by atoms with Crippen LogP contribution >= 0.6 is 11.3 Å². The molecule has 2 aromatic rings. The molecule has 1 atom stereocenters. The highest BCUT2D eigenvalue weighted by Gasteiger charge is 2.28. The van der Waals surface area contributed by atoms with Gasteiger partial charge in [-0.25, -0.2) is 4.98 Å². The molecule has 134 valence electrons. The van der Waals surface area contributed by atoms with Gasteiger partial charge >= 0.3 is 0 Å². The van der Waals surface area contributed by atoms with Gasteiger partial charge in [0.15, 0.2) is 0 Å². The van der Waals surface area contributed by atoms with Crippen LogP contribution in [-0.4, -0.2) is 36.6 Å². The molecule has 0 saturated heterocycles. The van der Waals surface area contributed by atoms with E-state index in [-0.39, 0.29) is 11.8 Å². The Morgan fingerprint density at radius 2 is 2.28 bits per heavy atom. The normalized spacial score (nSPS) is 16.3. The molecule has 0 N–H and O–H groups in total. The van der Waals surface area contributed by atoms with E-state index in [2.05, 4.69) is 18.8 Å². The second-order valence-corrected chi connectivity index (χ2v) is 7.60. The minimum Gasteiger partial charge on any atom is -0.497 e. The van der Waals surface area contributed by atoms with Crippen molar-refractivity contribution in [2.24, 2.45) is 5.92 Å². The van der Waals surface area contributed by atoms with Gasteiger partial charge in [-0.05, 0) is 18.1 Å². The summed E-state index contributed by atoms with van der Waals surface area (Å²) in [6.07, 6.45) is 0.691. The maximum atomic E-state index is 12.8. The van der Waals surface area contributed by atoms with Crippen LogP contribution in [0.15, 0.2) is 23.6 Å². The van der Waals surface area contributed by atoms with Crippen LogP contribution in [0.25, 0.3) is 0 Å². The molecule has 1 aliphatic heterocycles. The summed E-state index contributed by atoms with van der Waals surface area (Å²) in [6, 6.07) is 5.76. The zero-order valence-corrected chi connectivity index (χ0v) is 15.9. The van der Waals surface area contributed by atoms with E-state index in [1.54, 1.807) is 23.3 Å². The summed E-state index contributed by atoms with van der Waals surface area (Å²) in [4.78, 5) is 19.1. The number of methoxy groups -OCH3 is 1. The zero-order valence-electron chi connectivity index (χ0n) is 15.1. The number of hydrogen-bond donors (Lipinski definition) is 0. The van der Waals surface area contributed by atoms with Crippen LogP contribution in [0.5, 0.6) is 11.5 Å². The summed E-state index contributed by atoms with van der Waals surface area (Å²) in [7, 11) is 3.47. The summed E-state index contributed by atoms with van der Waals surface area (Å²) in [5.41, 5.74) is 2.00. The highest BCUT2D eigenvalue weighted by Crippen LogP contribution is 2.31. The number of rotatable bonds is 5. The van der Waals surface area contributed by atoms with Crippen LogP contribution in [0, 0.1) is 5.92 Å². The lowest BCUT2D eigenvalue weighted by molar-refractivity contribution is -0.136. The quantitative estimate of drug-likeness (QED) is 0.819. The van der Waals surface area contributed by atoms with Crippen LogP contribution in [0.1, 0.15) is 36.0 Å². The van der Waals surface area contributed by atoms with Crippen molar-refractivity contribution in [2.75, 3.05) is 20.8 Å². The maximum Gasteiger partial charge on any atom is 0.229 e. The van der Waals surface area contributed by atoms with Gasteiger partial charge in [-0.1, -0.05) is 19.9 Å². The van der Waals surface area contributed by atoms with Gasteiger partial charge in [-0.3, -0.25) is 4.79 Å². The molecule has 0 aliphatic carbocycles. The number of amides is 1. The molecule has 5 nitrogen and oxygen atoms in total. The van der Waals surface area contributed by atoms with Crippen molar-refractivity contribution in [3.8, 4) is 11.5 Å². The molecule has 0 saturated carbocycles. The Labute approximate surface area is 152 Å². The monoisotopic (exact) mass is 360 g/mol. The molecule has 1 amide bonds. The van der Waals surface area contributed by atoms with Crippen molar-refractivity contribution < 1.29 is 14.3 Å². The Morgan fingerprint density at radius 3 is 2.96 bits per heavy atom. The first-order valence-electron chi connectivity index (χ1n) is 8.47. The molecule has 3 rings (SSSR count). The molecular formula is C19H24N2O3S. The highest BCUT2D eigenvalue weighted by molar-refractivity contribution is 7.09. The van der Waals surface area contributed by atoms with Gasteiger partial charge in [-0.2, -0.15) is 0 Å². The van der Waals surface area contributed by atoms with E-state index in [0.717, 1.165) is 27.8 Å². The van der Waals surface area contributed by atoms with Gasteiger partial charge < -0.3 is 14.4 Å². The first-order chi connectivity index (χ1) is 12.0. The van der Waals surface area contributed by atoms with E-state index in [9.17, 15) is 4.79 Å². The molecule has 0 fully saturated rings. The van der Waals surface area contributed by atoms with E-state index >= 15 is 0 Å². The van der Waals surface area contributed by atoms with Crippen molar-refractivity contribution >= 4 is 17.2 Å². The van der Waals surface area contributed by atoms with Crippen LogP contribution in [0.2, 0.25) is 0 Å². The van der Waals surface area contributed by atoms with Gasteiger partial charge in [0, 0.05) is 24.4 Å². The van der Waals surface area contributed by atoms with Crippen LogP contribution in [0.3, 0.4) is 0 Å². The fourth-order valence-corrected chi connectivity index (χ4v) is 3.76. The number of ether oxygens (including phenoxy) is 2. The lowest BCUT2D eigenvalue weighted by Gasteiger charge is -2.28. The number of nitrogens with zero attached hydrogens (tertiary/aromatic N) is 2. The SMILES string of the molecule is COc1ccc2c(c1)OC[C@@H](C(=O)N(C)Cc1csc(C(C)C)n1)C2. The maximum absolute atomic E-state index is 12.8. The topological polar surface area (TPSA) is 51.7 Å². The van der Waals surface area contributed by atoms with E-state index in [4.69, 9.17) is 9.47 Å². The third-order valence-corrected chi connectivity index (χ3v) is 5.56. The number of fused-ring (bicyclic) bond motifs is 1. The molecule has 0 unspecified atom stereocenters. The smallest absolute Gasteiger partial charge is 0.229 e. The lowest BCUT2D eigenvalue weighted by atomic mass is 9.95. The van der Waals surface area contributed by atoms with Gasteiger partial charge in [0.2, 0.25) is 5.91 Å². The number of carbonyl (C=O) groups is 1. The number of hydrogen-bond acceptors (Lipinski definition) is 5. The molecule has 0 bridgehead atoms. The van der Waals surface area contributed by atoms with Crippen molar-refractivity contribution in [2.45, 2.75) is 32.7 Å². The molecule has 1 aromatic heterocycles. The van der Waals surface area contributed by atoms with Gasteiger partial charge in [-0.15, -0.1) is 11.3 Å². The van der Waals surface area contributed by atoms with Gasteiger partial charge in [0.1, 0.15) is 18.1 Å². The van der Waals surface area contributed by atoms with Crippen LogP contribution < -0.4 is 9.47 Å². The molecule has 0 spiro atoms. The summed E-state index contributed by atoms with van der Waals surface area (Å²) in [6.45, 7) is 5.19. The van der Waals surface area contributed by atoms with Crippen molar-refractivity contribution in [3.63, 3.8) is 0 Å². The number of carbonyl (C=O) groups excluding carboxylic acids is 1. The fraction of sp³-hybridized carbons (Fsp3) is 0.474. The Kier molecular flexibility index (Phi) is 5.27. The summed E-state index contributed by atoms with van der Waals surface area (Å²) in [5, 5.41) is 3.15. The minimum absolute atomic E-state index is 0.0977. The average molecular weight is 360 g/mol. The van der Waals surface area contributed by atoms with Crippen LogP contribution in [0.4, 0.5) is 0 Å². The second kappa shape index (κ2) is 7.44. The third-order valence-electron chi connectivity index (χ3n) is 4.37. The van der Waals surface area contributed by atoms with Gasteiger partial charge in [0.05, 0.1) is 30.3 Å². The Bertz CT molecular complexity index is 757. The van der Waals surface area contributed by atoms with E-state index < -0.39 is 0 Å². The molecule has 6 heteroatoms. The molecule has 25 heavy (non-hydrogen) atoms. The zero-order chi connectivity index (χ0) is 18.0.